The minimum Gasteiger partial charge on any atom is -0.341 e. The van der Waals surface area contributed by atoms with E-state index in [-0.39, 0.29) is 36.6 Å². The van der Waals surface area contributed by atoms with Crippen LogP contribution in [0.1, 0.15) is 88.2 Å². The van der Waals surface area contributed by atoms with Gasteiger partial charge >= 0.3 is 0 Å². The van der Waals surface area contributed by atoms with E-state index in [4.69, 9.17) is 0 Å². The SMILES string of the molecule is CN(C(=O)Cc1ccccc1CC(=O)N(C)[C@@H]1CCCC[C@H]1N1CCCC1)C1CCCCC1N1CCCC1.Cl.Cl. The first-order chi connectivity index (χ1) is 18.5. The number of hydrogen-bond donors (Lipinski definition) is 0. The molecular weight excluding hydrogens is 543 g/mol. The Kier molecular flexibility index (Phi) is 13.1. The third-order valence-corrected chi connectivity index (χ3v) is 10.2. The summed E-state index contributed by atoms with van der Waals surface area (Å²) in [6, 6.07) is 9.76. The molecule has 2 saturated heterocycles. The van der Waals surface area contributed by atoms with Crippen LogP contribution in [-0.2, 0) is 22.4 Å². The van der Waals surface area contributed by atoms with Crippen molar-refractivity contribution in [3.05, 3.63) is 35.4 Å². The number of carbonyl (C=O) groups is 2. The lowest BCUT2D eigenvalue weighted by molar-refractivity contribution is -0.134. The van der Waals surface area contributed by atoms with E-state index in [1.807, 2.05) is 26.2 Å². The number of likely N-dealkylation sites (N-methyl/N-ethyl adjacent to an activating group) is 2. The van der Waals surface area contributed by atoms with E-state index in [0.29, 0.717) is 37.0 Å². The number of nitrogens with zero attached hydrogens (tertiary/aromatic N) is 4. The molecule has 5 rings (SSSR count). The maximum atomic E-state index is 13.6. The predicted molar refractivity (Wildman–Crippen MR) is 168 cm³/mol. The number of likely N-dealkylation sites (tertiary alicyclic amines) is 2. The topological polar surface area (TPSA) is 47.1 Å². The van der Waals surface area contributed by atoms with Gasteiger partial charge in [0.05, 0.1) is 12.8 Å². The largest absolute Gasteiger partial charge is 0.341 e. The molecular formula is C32H52Cl2N4O2. The van der Waals surface area contributed by atoms with Gasteiger partial charge in [-0.25, -0.2) is 0 Å². The molecule has 1 aromatic carbocycles. The van der Waals surface area contributed by atoms with Crippen LogP contribution in [0.3, 0.4) is 0 Å². The Hall–Kier alpha value is -1.34. The molecule has 4 atom stereocenters. The van der Waals surface area contributed by atoms with E-state index < -0.39 is 0 Å². The highest BCUT2D eigenvalue weighted by atomic mass is 35.5. The lowest BCUT2D eigenvalue weighted by Gasteiger charge is -2.43. The highest BCUT2D eigenvalue weighted by Crippen LogP contribution is 2.31. The summed E-state index contributed by atoms with van der Waals surface area (Å²) in [5.74, 6) is 0.381. The molecule has 4 aliphatic rings. The van der Waals surface area contributed by atoms with Crippen molar-refractivity contribution in [2.45, 2.75) is 114 Å². The van der Waals surface area contributed by atoms with E-state index in [0.717, 1.165) is 24.0 Å². The number of rotatable bonds is 8. The molecule has 8 heteroatoms. The van der Waals surface area contributed by atoms with Crippen molar-refractivity contribution in [2.75, 3.05) is 40.3 Å². The first-order valence-corrected chi connectivity index (χ1v) is 15.6. The van der Waals surface area contributed by atoms with Gasteiger partial charge in [0.15, 0.2) is 0 Å². The van der Waals surface area contributed by atoms with Gasteiger partial charge < -0.3 is 9.80 Å². The fourth-order valence-electron chi connectivity index (χ4n) is 7.93. The third-order valence-electron chi connectivity index (χ3n) is 10.2. The molecule has 40 heavy (non-hydrogen) atoms. The second-order valence-electron chi connectivity index (χ2n) is 12.5. The summed E-state index contributed by atoms with van der Waals surface area (Å²) in [7, 11) is 4.04. The Morgan fingerprint density at radius 1 is 0.625 bits per heavy atom. The molecule has 2 aliphatic heterocycles. The van der Waals surface area contributed by atoms with Crippen LogP contribution in [0, 0.1) is 0 Å². The number of halogens is 2. The van der Waals surface area contributed by atoms with Gasteiger partial charge in [-0.2, -0.15) is 0 Å². The average molecular weight is 596 g/mol. The molecule has 2 amide bonds. The molecule has 0 spiro atoms. The molecule has 2 heterocycles. The molecule has 2 aliphatic carbocycles. The highest BCUT2D eigenvalue weighted by Gasteiger charge is 2.37. The van der Waals surface area contributed by atoms with Gasteiger partial charge in [-0.3, -0.25) is 19.4 Å². The van der Waals surface area contributed by atoms with Crippen molar-refractivity contribution in [1.82, 2.24) is 19.6 Å². The Morgan fingerprint density at radius 3 is 1.35 bits per heavy atom. The van der Waals surface area contributed by atoms with Crippen LogP contribution in [0.4, 0.5) is 0 Å². The Labute approximate surface area is 255 Å². The smallest absolute Gasteiger partial charge is 0.227 e. The van der Waals surface area contributed by atoms with Gasteiger partial charge in [0.1, 0.15) is 0 Å². The quantitative estimate of drug-likeness (QED) is 0.407. The minimum atomic E-state index is 0. The molecule has 4 fully saturated rings. The van der Waals surface area contributed by atoms with Gasteiger partial charge in [-0.15, -0.1) is 24.8 Å². The van der Waals surface area contributed by atoms with Crippen molar-refractivity contribution in [1.29, 1.82) is 0 Å². The van der Waals surface area contributed by atoms with Gasteiger partial charge in [0, 0.05) is 38.3 Å². The van der Waals surface area contributed by atoms with E-state index in [2.05, 4.69) is 31.7 Å². The fraction of sp³-hybridized carbons (Fsp3) is 0.750. The number of amides is 2. The second kappa shape index (κ2) is 15.8. The average Bonchev–Trinajstić information content (AvgIpc) is 3.68. The molecule has 0 bridgehead atoms. The Balaban J connectivity index is 0.00000220. The van der Waals surface area contributed by atoms with Crippen molar-refractivity contribution in [3.8, 4) is 0 Å². The van der Waals surface area contributed by atoms with Crippen LogP contribution in [0.2, 0.25) is 0 Å². The van der Waals surface area contributed by atoms with Crippen LogP contribution in [0.25, 0.3) is 0 Å². The van der Waals surface area contributed by atoms with Gasteiger partial charge in [-0.05, 0) is 88.7 Å². The van der Waals surface area contributed by atoms with E-state index in [1.54, 1.807) is 0 Å². The summed E-state index contributed by atoms with van der Waals surface area (Å²) >= 11 is 0. The van der Waals surface area contributed by atoms with Gasteiger partial charge in [0.2, 0.25) is 11.8 Å². The molecule has 2 unspecified atom stereocenters. The standard InChI is InChI=1S/C32H50N4O2.2ClH/c1-33(27-15-5-7-17-29(27)35-19-9-10-20-35)31(37)23-25-13-3-4-14-26(25)24-32(38)34(2)28-16-6-8-18-30(28)36-21-11-12-22-36;;/h3-4,13-14,27-30H,5-12,15-24H2,1-2H3;2*1H/t27-,28?,29-,30?;;/m1../s1. The highest BCUT2D eigenvalue weighted by molar-refractivity contribution is 5.85. The molecule has 0 radical (unpaired) electrons. The van der Waals surface area contributed by atoms with E-state index >= 15 is 0 Å². The molecule has 2 saturated carbocycles. The van der Waals surface area contributed by atoms with Gasteiger partial charge in [0.25, 0.3) is 0 Å². The summed E-state index contributed by atoms with van der Waals surface area (Å²) in [6.45, 7) is 4.73. The molecule has 0 N–H and O–H groups in total. The van der Waals surface area contributed by atoms with E-state index in [9.17, 15) is 9.59 Å². The molecule has 0 aromatic heterocycles. The summed E-state index contributed by atoms with van der Waals surface area (Å²) in [5.41, 5.74) is 2.03. The van der Waals surface area contributed by atoms with E-state index in [1.165, 1.54) is 90.4 Å². The number of carbonyl (C=O) groups excluding carboxylic acids is 2. The zero-order valence-corrected chi connectivity index (χ0v) is 26.4. The van der Waals surface area contributed by atoms with Crippen molar-refractivity contribution >= 4 is 36.6 Å². The van der Waals surface area contributed by atoms with Gasteiger partial charge in [-0.1, -0.05) is 49.9 Å². The summed E-state index contributed by atoms with van der Waals surface area (Å²) in [6.07, 6.45) is 15.5. The second-order valence-corrected chi connectivity index (χ2v) is 12.5. The molecule has 1 aromatic rings. The van der Waals surface area contributed by atoms with Crippen LogP contribution in [0.5, 0.6) is 0 Å². The fourth-order valence-corrected chi connectivity index (χ4v) is 7.93. The van der Waals surface area contributed by atoms with Crippen LogP contribution in [-0.4, -0.2) is 95.9 Å². The number of hydrogen-bond acceptors (Lipinski definition) is 4. The first kappa shape index (κ1) is 33.2. The summed E-state index contributed by atoms with van der Waals surface area (Å²) in [4.78, 5) is 36.5. The first-order valence-electron chi connectivity index (χ1n) is 15.6. The maximum absolute atomic E-state index is 13.6. The van der Waals surface area contributed by atoms with Crippen LogP contribution in [0.15, 0.2) is 24.3 Å². The lowest BCUT2D eigenvalue weighted by Crippen LogP contribution is -2.53. The minimum absolute atomic E-state index is 0. The predicted octanol–water partition coefficient (Wildman–Crippen LogP) is 5.35. The van der Waals surface area contributed by atoms with Crippen molar-refractivity contribution in [2.24, 2.45) is 0 Å². The molecule has 226 valence electrons. The third kappa shape index (κ3) is 7.73. The van der Waals surface area contributed by atoms with Crippen LogP contribution < -0.4 is 0 Å². The molecule has 6 nitrogen and oxygen atoms in total. The van der Waals surface area contributed by atoms with Crippen molar-refractivity contribution in [3.63, 3.8) is 0 Å². The van der Waals surface area contributed by atoms with Crippen LogP contribution >= 0.6 is 24.8 Å². The Morgan fingerprint density at radius 2 is 0.975 bits per heavy atom. The summed E-state index contributed by atoms with van der Waals surface area (Å²) in [5, 5.41) is 0. The summed E-state index contributed by atoms with van der Waals surface area (Å²) < 4.78 is 0. The van der Waals surface area contributed by atoms with Crippen molar-refractivity contribution < 1.29 is 9.59 Å². The maximum Gasteiger partial charge on any atom is 0.227 e. The zero-order valence-electron chi connectivity index (χ0n) is 24.8. The normalized spacial score (nSPS) is 27.4. The Bertz CT molecular complexity index is 876. The monoisotopic (exact) mass is 594 g/mol. The lowest BCUT2D eigenvalue weighted by atomic mass is 9.87. The number of benzene rings is 1. The zero-order chi connectivity index (χ0) is 26.5.